The fourth-order valence-corrected chi connectivity index (χ4v) is 1.37. The average molecular weight is 263 g/mol. The van der Waals surface area contributed by atoms with Gasteiger partial charge in [0.15, 0.2) is 0 Å². The van der Waals surface area contributed by atoms with Crippen molar-refractivity contribution in [1.29, 1.82) is 0 Å². The molecule has 0 saturated carbocycles. The molecule has 0 aliphatic rings. The molecule has 19 heavy (non-hydrogen) atoms. The van der Waals surface area contributed by atoms with E-state index < -0.39 is 12.1 Å². The number of ether oxygens (including phenoxy) is 1. The number of carbonyl (C=O) groups excluding carboxylic acids is 1. The van der Waals surface area contributed by atoms with Crippen molar-refractivity contribution in [2.45, 2.75) is 26.0 Å². The van der Waals surface area contributed by atoms with E-state index in [4.69, 9.17) is 9.84 Å². The Balaban J connectivity index is 2.27. The van der Waals surface area contributed by atoms with Crippen LogP contribution in [0.2, 0.25) is 0 Å². The Morgan fingerprint density at radius 1 is 1.37 bits per heavy atom. The number of amides is 1. The lowest BCUT2D eigenvalue weighted by Crippen LogP contribution is -2.31. The summed E-state index contributed by atoms with van der Waals surface area (Å²) in [6.07, 6.45) is 2.50. The topological polar surface area (TPSA) is 75.6 Å². The fraction of sp³-hybridized carbons (Fsp3) is 0.286. The van der Waals surface area contributed by atoms with E-state index >= 15 is 0 Å². The highest BCUT2D eigenvalue weighted by Gasteiger charge is 2.05. The monoisotopic (exact) mass is 263 g/mol. The number of rotatable bonds is 6. The van der Waals surface area contributed by atoms with E-state index in [1.165, 1.54) is 6.08 Å². The van der Waals surface area contributed by atoms with Gasteiger partial charge < -0.3 is 15.2 Å². The SMILES string of the molecule is C[C@H](/C=C/CC(=O)O)NC(=O)OCc1ccccc1. The maximum Gasteiger partial charge on any atom is 0.407 e. The molecule has 1 rings (SSSR count). The van der Waals surface area contributed by atoms with Crippen molar-refractivity contribution in [2.75, 3.05) is 0 Å². The summed E-state index contributed by atoms with van der Waals surface area (Å²) in [7, 11) is 0. The highest BCUT2D eigenvalue weighted by molar-refractivity contribution is 5.69. The molecule has 0 aliphatic carbocycles. The van der Waals surface area contributed by atoms with Crippen molar-refractivity contribution >= 4 is 12.1 Å². The number of alkyl carbamates (subject to hydrolysis) is 1. The van der Waals surface area contributed by atoms with Crippen LogP contribution in [0.15, 0.2) is 42.5 Å². The van der Waals surface area contributed by atoms with Gasteiger partial charge in [0.05, 0.1) is 6.42 Å². The second-order valence-electron chi connectivity index (χ2n) is 4.02. The summed E-state index contributed by atoms with van der Waals surface area (Å²) in [4.78, 5) is 21.7. The molecule has 0 fully saturated rings. The maximum atomic E-state index is 11.4. The first-order valence-corrected chi connectivity index (χ1v) is 5.93. The van der Waals surface area contributed by atoms with Gasteiger partial charge in [0, 0.05) is 6.04 Å². The first-order valence-electron chi connectivity index (χ1n) is 5.93. The van der Waals surface area contributed by atoms with Crippen LogP contribution in [0.4, 0.5) is 4.79 Å². The highest BCUT2D eigenvalue weighted by Crippen LogP contribution is 2.00. The molecular weight excluding hydrogens is 246 g/mol. The smallest absolute Gasteiger partial charge is 0.407 e. The molecule has 0 aromatic heterocycles. The summed E-state index contributed by atoms with van der Waals surface area (Å²) in [6.45, 7) is 1.94. The lowest BCUT2D eigenvalue weighted by Gasteiger charge is -2.10. The first kappa shape index (κ1) is 14.8. The molecule has 5 nitrogen and oxygen atoms in total. The standard InChI is InChI=1S/C14H17NO4/c1-11(6-5-9-13(16)17)15-14(18)19-10-12-7-3-2-4-8-12/h2-8,11H,9-10H2,1H3,(H,15,18)(H,16,17)/b6-5+/t11-/m1/s1. The average Bonchev–Trinajstić information content (AvgIpc) is 2.37. The molecule has 0 radical (unpaired) electrons. The van der Waals surface area contributed by atoms with Crippen LogP contribution in [0.25, 0.3) is 0 Å². The number of aliphatic carboxylic acids is 1. The number of hydrogen-bond acceptors (Lipinski definition) is 3. The molecule has 2 N–H and O–H groups in total. The van der Waals surface area contributed by atoms with Crippen molar-refractivity contribution < 1.29 is 19.4 Å². The van der Waals surface area contributed by atoms with Gasteiger partial charge in [0.25, 0.3) is 0 Å². The van der Waals surface area contributed by atoms with Crippen LogP contribution in [0.5, 0.6) is 0 Å². The molecule has 0 saturated heterocycles. The molecule has 0 unspecified atom stereocenters. The Bertz CT molecular complexity index is 442. The summed E-state index contributed by atoms with van der Waals surface area (Å²) >= 11 is 0. The van der Waals surface area contributed by atoms with Crippen LogP contribution < -0.4 is 5.32 Å². The molecule has 0 spiro atoms. The molecule has 102 valence electrons. The number of benzene rings is 1. The summed E-state index contributed by atoms with van der Waals surface area (Å²) in [5.74, 6) is -0.907. The van der Waals surface area contributed by atoms with Crippen LogP contribution in [-0.2, 0) is 16.1 Å². The Hall–Kier alpha value is -2.30. The predicted molar refractivity (Wildman–Crippen MR) is 70.6 cm³/mol. The number of carbonyl (C=O) groups is 2. The molecule has 0 bridgehead atoms. The minimum absolute atomic E-state index is 0.0644. The third-order valence-electron chi connectivity index (χ3n) is 2.28. The van der Waals surface area contributed by atoms with Gasteiger partial charge in [-0.1, -0.05) is 42.5 Å². The van der Waals surface area contributed by atoms with Crippen molar-refractivity contribution in [3.8, 4) is 0 Å². The minimum atomic E-state index is -0.907. The predicted octanol–water partition coefficient (Wildman–Crippen LogP) is 2.33. The van der Waals surface area contributed by atoms with Crippen LogP contribution in [0, 0.1) is 0 Å². The van der Waals surface area contributed by atoms with Crippen LogP contribution in [0.1, 0.15) is 18.9 Å². The lowest BCUT2D eigenvalue weighted by atomic mass is 10.2. The van der Waals surface area contributed by atoms with Gasteiger partial charge >= 0.3 is 12.1 Å². The molecule has 0 heterocycles. The van der Waals surface area contributed by atoms with Crippen LogP contribution in [-0.4, -0.2) is 23.2 Å². The number of carboxylic acids is 1. The Morgan fingerprint density at radius 3 is 2.68 bits per heavy atom. The minimum Gasteiger partial charge on any atom is -0.481 e. The molecule has 1 aromatic rings. The zero-order chi connectivity index (χ0) is 14.1. The molecule has 1 atom stereocenters. The third kappa shape index (κ3) is 6.88. The van der Waals surface area contributed by atoms with Gasteiger partial charge in [-0.25, -0.2) is 4.79 Å². The molecule has 0 aliphatic heterocycles. The van der Waals surface area contributed by atoms with Crippen molar-refractivity contribution in [2.24, 2.45) is 0 Å². The zero-order valence-electron chi connectivity index (χ0n) is 10.7. The number of nitrogens with one attached hydrogen (secondary N) is 1. The Morgan fingerprint density at radius 2 is 2.05 bits per heavy atom. The summed E-state index contributed by atoms with van der Waals surface area (Å²) in [5, 5.41) is 11.0. The fourth-order valence-electron chi connectivity index (χ4n) is 1.37. The highest BCUT2D eigenvalue weighted by atomic mass is 16.5. The molecule has 1 aromatic carbocycles. The van der Waals surface area contributed by atoms with E-state index in [0.29, 0.717) is 0 Å². The first-order chi connectivity index (χ1) is 9.08. The molecule has 1 amide bonds. The van der Waals surface area contributed by atoms with Gasteiger partial charge in [-0.3, -0.25) is 4.79 Å². The Labute approximate surface area is 111 Å². The third-order valence-corrected chi connectivity index (χ3v) is 2.28. The van der Waals surface area contributed by atoms with Crippen molar-refractivity contribution in [1.82, 2.24) is 5.32 Å². The van der Waals surface area contributed by atoms with Gasteiger partial charge in [0.1, 0.15) is 6.61 Å². The number of carboxylic acid groups (broad SMARTS) is 1. The van der Waals surface area contributed by atoms with Gasteiger partial charge in [-0.2, -0.15) is 0 Å². The van der Waals surface area contributed by atoms with Gasteiger partial charge in [-0.05, 0) is 12.5 Å². The van der Waals surface area contributed by atoms with E-state index in [-0.39, 0.29) is 19.1 Å². The number of hydrogen-bond donors (Lipinski definition) is 2. The lowest BCUT2D eigenvalue weighted by molar-refractivity contribution is -0.136. The summed E-state index contributed by atoms with van der Waals surface area (Å²) < 4.78 is 5.03. The molecule has 5 heteroatoms. The van der Waals surface area contributed by atoms with E-state index in [2.05, 4.69) is 5.32 Å². The van der Waals surface area contributed by atoms with E-state index in [0.717, 1.165) is 5.56 Å². The van der Waals surface area contributed by atoms with E-state index in [9.17, 15) is 9.59 Å². The second-order valence-corrected chi connectivity index (χ2v) is 4.02. The molecular formula is C14H17NO4. The summed E-state index contributed by atoms with van der Waals surface area (Å²) in [5.41, 5.74) is 0.909. The summed E-state index contributed by atoms with van der Waals surface area (Å²) in [6, 6.07) is 9.08. The maximum absolute atomic E-state index is 11.4. The Kier molecular flexibility index (Phi) is 6.15. The van der Waals surface area contributed by atoms with E-state index in [1.807, 2.05) is 30.3 Å². The normalized spacial score (nSPS) is 12.1. The van der Waals surface area contributed by atoms with Crippen molar-refractivity contribution in [3.63, 3.8) is 0 Å². The van der Waals surface area contributed by atoms with Gasteiger partial charge in [0.2, 0.25) is 0 Å². The van der Waals surface area contributed by atoms with Crippen LogP contribution >= 0.6 is 0 Å². The van der Waals surface area contributed by atoms with E-state index in [1.54, 1.807) is 13.0 Å². The van der Waals surface area contributed by atoms with Crippen molar-refractivity contribution in [3.05, 3.63) is 48.0 Å². The second kappa shape index (κ2) is 7.92. The largest absolute Gasteiger partial charge is 0.481 e. The zero-order valence-corrected chi connectivity index (χ0v) is 10.7. The van der Waals surface area contributed by atoms with Gasteiger partial charge in [-0.15, -0.1) is 0 Å². The quantitative estimate of drug-likeness (QED) is 0.772. The van der Waals surface area contributed by atoms with Crippen LogP contribution in [0.3, 0.4) is 0 Å².